The first-order valence-corrected chi connectivity index (χ1v) is 10.5. The van der Waals surface area contributed by atoms with Crippen LogP contribution in [0.5, 0.6) is 0 Å². The van der Waals surface area contributed by atoms with E-state index in [4.69, 9.17) is 0 Å². The Kier molecular flexibility index (Phi) is 5.20. The lowest BCUT2D eigenvalue weighted by atomic mass is 10.1. The fraction of sp³-hybridized carbons (Fsp3) is 0.294. The van der Waals surface area contributed by atoms with Crippen LogP contribution in [0.4, 0.5) is 5.69 Å². The number of carbonyl (C=O) groups excluding carboxylic acids is 1. The van der Waals surface area contributed by atoms with Crippen molar-refractivity contribution in [1.29, 1.82) is 0 Å². The van der Waals surface area contributed by atoms with E-state index in [0.717, 1.165) is 16.2 Å². The van der Waals surface area contributed by atoms with Gasteiger partial charge in [0.05, 0.1) is 17.4 Å². The minimum absolute atomic E-state index is 0.0438. The molecule has 0 spiro atoms. The van der Waals surface area contributed by atoms with Gasteiger partial charge in [-0.25, -0.2) is 8.42 Å². The molecule has 1 N–H and O–H groups in total. The molecule has 0 saturated carbocycles. The van der Waals surface area contributed by atoms with Crippen LogP contribution in [0.2, 0.25) is 0 Å². The average Bonchev–Trinajstić information content (AvgIpc) is 2.95. The number of rotatable bonds is 5. The molecule has 5 nitrogen and oxygen atoms in total. The minimum Gasteiger partial charge on any atom is -0.326 e. The summed E-state index contributed by atoms with van der Waals surface area (Å²) in [6, 6.07) is 11.5. The fourth-order valence-electron chi connectivity index (χ4n) is 2.53. The van der Waals surface area contributed by atoms with Crippen molar-refractivity contribution in [3.05, 3.63) is 54.4 Å². The van der Waals surface area contributed by atoms with Gasteiger partial charge < -0.3 is 5.32 Å². The summed E-state index contributed by atoms with van der Waals surface area (Å²) in [6.07, 6.45) is 4.01. The van der Waals surface area contributed by atoms with Crippen LogP contribution in [0, 0.1) is 5.92 Å². The molecule has 1 atom stereocenters. The number of pyridine rings is 1. The summed E-state index contributed by atoms with van der Waals surface area (Å²) in [7, 11) is -3.04. The van der Waals surface area contributed by atoms with Gasteiger partial charge in [-0.2, -0.15) is 0 Å². The van der Waals surface area contributed by atoms with Gasteiger partial charge >= 0.3 is 0 Å². The summed E-state index contributed by atoms with van der Waals surface area (Å²) in [5.41, 5.74) is 1.84. The molecule has 3 rings (SSSR count). The molecule has 1 fully saturated rings. The number of hydrogen-bond donors (Lipinski definition) is 1. The largest absolute Gasteiger partial charge is 0.326 e. The zero-order chi connectivity index (χ0) is 17.0. The summed E-state index contributed by atoms with van der Waals surface area (Å²) in [5, 5.41) is 2.80. The third-order valence-electron chi connectivity index (χ3n) is 3.85. The Morgan fingerprint density at radius 1 is 1.25 bits per heavy atom. The molecular formula is C17H18N2O3S2. The molecule has 7 heteroatoms. The van der Waals surface area contributed by atoms with Crippen molar-refractivity contribution in [2.24, 2.45) is 5.92 Å². The fourth-order valence-corrected chi connectivity index (χ4v) is 5.10. The van der Waals surface area contributed by atoms with E-state index < -0.39 is 15.8 Å². The number of amides is 1. The molecule has 1 aromatic carbocycles. The summed E-state index contributed by atoms with van der Waals surface area (Å²) in [4.78, 5) is 17.3. The van der Waals surface area contributed by atoms with E-state index in [1.807, 2.05) is 42.6 Å². The molecule has 2 heterocycles. The lowest BCUT2D eigenvalue weighted by molar-refractivity contribution is -0.119. The maximum absolute atomic E-state index is 12.1. The highest BCUT2D eigenvalue weighted by Crippen LogP contribution is 2.25. The van der Waals surface area contributed by atoms with E-state index in [0.29, 0.717) is 12.1 Å². The van der Waals surface area contributed by atoms with Crippen LogP contribution in [-0.4, -0.2) is 30.8 Å². The normalized spacial score (nSPS) is 19.1. The monoisotopic (exact) mass is 362 g/mol. The SMILES string of the molecule is O=C(Nc1ccc(SCc2cccnc2)cc1)C1CCS(=O)(=O)C1. The molecule has 1 aliphatic heterocycles. The number of sulfone groups is 1. The standard InChI is InChI=1S/C17H18N2O3S2/c20-17(14-7-9-24(21,22)12-14)19-15-3-5-16(6-4-15)23-11-13-2-1-8-18-10-13/h1-6,8,10,14H,7,9,11-12H2,(H,19,20). The highest BCUT2D eigenvalue weighted by molar-refractivity contribution is 7.98. The number of thioether (sulfide) groups is 1. The number of aromatic nitrogens is 1. The Labute approximate surface area is 145 Å². The number of nitrogens with zero attached hydrogens (tertiary/aromatic N) is 1. The second-order valence-corrected chi connectivity index (χ2v) is 9.04. The first kappa shape index (κ1) is 17.0. The Bertz CT molecular complexity index is 805. The molecule has 2 aromatic rings. The van der Waals surface area contributed by atoms with Crippen molar-refractivity contribution in [3.63, 3.8) is 0 Å². The molecule has 24 heavy (non-hydrogen) atoms. The molecule has 1 amide bonds. The molecule has 126 valence electrons. The lowest BCUT2D eigenvalue weighted by Crippen LogP contribution is -2.23. The molecule has 0 bridgehead atoms. The molecule has 0 aliphatic carbocycles. The van der Waals surface area contributed by atoms with Crippen molar-refractivity contribution in [3.8, 4) is 0 Å². The van der Waals surface area contributed by atoms with Crippen LogP contribution < -0.4 is 5.32 Å². The molecule has 1 unspecified atom stereocenters. The van der Waals surface area contributed by atoms with Gasteiger partial charge in [0.15, 0.2) is 9.84 Å². The predicted molar refractivity (Wildman–Crippen MR) is 95.6 cm³/mol. The maximum Gasteiger partial charge on any atom is 0.228 e. The van der Waals surface area contributed by atoms with E-state index >= 15 is 0 Å². The van der Waals surface area contributed by atoms with Gasteiger partial charge in [-0.05, 0) is 42.3 Å². The van der Waals surface area contributed by atoms with Crippen LogP contribution in [0.25, 0.3) is 0 Å². The smallest absolute Gasteiger partial charge is 0.228 e. The van der Waals surface area contributed by atoms with Gasteiger partial charge in [-0.3, -0.25) is 9.78 Å². The summed E-state index contributed by atoms with van der Waals surface area (Å²) < 4.78 is 22.9. The molecule has 1 aromatic heterocycles. The number of anilines is 1. The van der Waals surface area contributed by atoms with Crippen LogP contribution in [-0.2, 0) is 20.4 Å². The Hall–Kier alpha value is -1.86. The van der Waals surface area contributed by atoms with Crippen LogP contribution in [0.3, 0.4) is 0 Å². The van der Waals surface area contributed by atoms with Gasteiger partial charge in [0.2, 0.25) is 5.91 Å². The highest BCUT2D eigenvalue weighted by Gasteiger charge is 2.32. The third kappa shape index (κ3) is 4.58. The number of hydrogen-bond acceptors (Lipinski definition) is 5. The number of nitrogens with one attached hydrogen (secondary N) is 1. The van der Waals surface area contributed by atoms with Crippen molar-refractivity contribution in [2.75, 3.05) is 16.8 Å². The van der Waals surface area contributed by atoms with Crippen molar-refractivity contribution in [2.45, 2.75) is 17.1 Å². The van der Waals surface area contributed by atoms with Crippen molar-refractivity contribution >= 4 is 33.2 Å². The summed E-state index contributed by atoms with van der Waals surface area (Å²) in [5.74, 6) is 0.244. The Morgan fingerprint density at radius 3 is 2.67 bits per heavy atom. The lowest BCUT2D eigenvalue weighted by Gasteiger charge is -2.10. The van der Waals surface area contributed by atoms with Crippen molar-refractivity contribution < 1.29 is 13.2 Å². The second-order valence-electron chi connectivity index (χ2n) is 5.76. The van der Waals surface area contributed by atoms with E-state index in [-0.39, 0.29) is 17.4 Å². The average molecular weight is 362 g/mol. The predicted octanol–water partition coefficient (Wildman–Crippen LogP) is 2.75. The Balaban J connectivity index is 1.54. The van der Waals surface area contributed by atoms with Crippen molar-refractivity contribution in [1.82, 2.24) is 4.98 Å². The van der Waals surface area contributed by atoms with Crippen LogP contribution in [0.15, 0.2) is 53.7 Å². The maximum atomic E-state index is 12.1. The van der Waals surface area contributed by atoms with E-state index in [2.05, 4.69) is 10.3 Å². The van der Waals surface area contributed by atoms with Crippen LogP contribution >= 0.6 is 11.8 Å². The number of benzene rings is 1. The topological polar surface area (TPSA) is 76.1 Å². The zero-order valence-corrected chi connectivity index (χ0v) is 14.6. The second kappa shape index (κ2) is 7.36. The summed E-state index contributed by atoms with van der Waals surface area (Å²) in [6.45, 7) is 0. The van der Waals surface area contributed by atoms with Gasteiger partial charge in [0.25, 0.3) is 0 Å². The quantitative estimate of drug-likeness (QED) is 0.828. The zero-order valence-electron chi connectivity index (χ0n) is 13.0. The first-order chi connectivity index (χ1) is 11.5. The summed E-state index contributed by atoms with van der Waals surface area (Å²) >= 11 is 1.69. The minimum atomic E-state index is -3.04. The molecule has 1 saturated heterocycles. The molecule has 1 aliphatic rings. The van der Waals surface area contributed by atoms with E-state index in [1.54, 1.807) is 18.0 Å². The third-order valence-corrected chi connectivity index (χ3v) is 6.70. The van der Waals surface area contributed by atoms with Gasteiger partial charge in [-0.1, -0.05) is 6.07 Å². The highest BCUT2D eigenvalue weighted by atomic mass is 32.2. The van der Waals surface area contributed by atoms with E-state index in [1.165, 1.54) is 0 Å². The number of carbonyl (C=O) groups is 1. The van der Waals surface area contributed by atoms with Gasteiger partial charge in [-0.15, -0.1) is 11.8 Å². The Morgan fingerprint density at radius 2 is 2.04 bits per heavy atom. The van der Waals surface area contributed by atoms with Gasteiger partial charge in [0, 0.05) is 28.7 Å². The molecule has 0 radical (unpaired) electrons. The molecular weight excluding hydrogens is 344 g/mol. The van der Waals surface area contributed by atoms with E-state index in [9.17, 15) is 13.2 Å². The first-order valence-electron chi connectivity index (χ1n) is 7.65. The van der Waals surface area contributed by atoms with Crippen LogP contribution in [0.1, 0.15) is 12.0 Å². The van der Waals surface area contributed by atoms with Gasteiger partial charge in [0.1, 0.15) is 0 Å².